The van der Waals surface area contributed by atoms with Gasteiger partial charge in [-0.25, -0.2) is 0 Å². The molecule has 0 aliphatic carbocycles. The number of benzene rings is 1. The highest BCUT2D eigenvalue weighted by Gasteiger charge is 2.10. The Labute approximate surface area is 119 Å². The summed E-state index contributed by atoms with van der Waals surface area (Å²) in [6.45, 7) is 0.881. The van der Waals surface area contributed by atoms with Gasteiger partial charge in [0.15, 0.2) is 0 Å². The molecule has 0 aliphatic heterocycles. The Balaban J connectivity index is 2.14. The second-order valence-corrected chi connectivity index (χ2v) is 4.41. The van der Waals surface area contributed by atoms with Crippen LogP contribution in [0.3, 0.4) is 0 Å². The van der Waals surface area contributed by atoms with Gasteiger partial charge in [-0.2, -0.15) is 0 Å². The quantitative estimate of drug-likeness (QED) is 0.538. The van der Waals surface area contributed by atoms with Crippen molar-refractivity contribution in [1.82, 2.24) is 4.90 Å². The van der Waals surface area contributed by atoms with Gasteiger partial charge in [-0.15, -0.1) is 0 Å². The molecule has 20 heavy (non-hydrogen) atoms. The Kier molecular flexibility index (Phi) is 7.17. The van der Waals surface area contributed by atoms with E-state index in [1.807, 2.05) is 30.3 Å². The van der Waals surface area contributed by atoms with E-state index in [1.165, 1.54) is 7.11 Å². The molecule has 5 nitrogen and oxygen atoms in total. The van der Waals surface area contributed by atoms with Gasteiger partial charge in [0.25, 0.3) is 0 Å². The molecular formula is C15H21NO4. The number of carbonyl (C=O) groups is 2. The second-order valence-electron chi connectivity index (χ2n) is 4.41. The van der Waals surface area contributed by atoms with E-state index in [0.717, 1.165) is 5.75 Å². The number of ether oxygens (including phenoxy) is 2. The van der Waals surface area contributed by atoms with Crippen molar-refractivity contribution in [3.63, 3.8) is 0 Å². The first-order chi connectivity index (χ1) is 9.63. The highest BCUT2D eigenvalue weighted by molar-refractivity contribution is 5.76. The molecule has 0 saturated carbocycles. The van der Waals surface area contributed by atoms with Gasteiger partial charge in [-0.1, -0.05) is 18.2 Å². The van der Waals surface area contributed by atoms with Crippen LogP contribution in [0.5, 0.6) is 5.75 Å². The van der Waals surface area contributed by atoms with Crippen molar-refractivity contribution in [2.24, 2.45) is 0 Å². The lowest BCUT2D eigenvalue weighted by molar-refractivity contribution is -0.141. The predicted molar refractivity (Wildman–Crippen MR) is 75.4 cm³/mol. The number of hydrogen-bond acceptors (Lipinski definition) is 4. The summed E-state index contributed by atoms with van der Waals surface area (Å²) in [5.74, 6) is 0.502. The maximum atomic E-state index is 11.8. The van der Waals surface area contributed by atoms with E-state index in [1.54, 1.807) is 11.9 Å². The van der Waals surface area contributed by atoms with E-state index in [9.17, 15) is 9.59 Å². The largest absolute Gasteiger partial charge is 0.494 e. The first-order valence-electron chi connectivity index (χ1n) is 6.62. The van der Waals surface area contributed by atoms with Crippen molar-refractivity contribution in [1.29, 1.82) is 0 Å². The van der Waals surface area contributed by atoms with Crippen LogP contribution in [0.25, 0.3) is 0 Å². The minimum Gasteiger partial charge on any atom is -0.494 e. The molecule has 1 aromatic rings. The van der Waals surface area contributed by atoms with Crippen molar-refractivity contribution in [3.05, 3.63) is 30.3 Å². The van der Waals surface area contributed by atoms with E-state index in [0.29, 0.717) is 26.0 Å². The third kappa shape index (κ3) is 6.22. The van der Waals surface area contributed by atoms with Gasteiger partial charge in [0.1, 0.15) is 5.75 Å². The fourth-order valence-electron chi connectivity index (χ4n) is 1.61. The zero-order valence-electron chi connectivity index (χ0n) is 12.0. The fraction of sp³-hybridized carbons (Fsp3) is 0.467. The van der Waals surface area contributed by atoms with Gasteiger partial charge < -0.3 is 14.4 Å². The number of hydrogen-bond donors (Lipinski definition) is 0. The summed E-state index contributed by atoms with van der Waals surface area (Å²) in [5.41, 5.74) is 0. The Hall–Kier alpha value is -2.04. The van der Waals surface area contributed by atoms with Gasteiger partial charge in [0.05, 0.1) is 20.1 Å². The van der Waals surface area contributed by atoms with Gasteiger partial charge >= 0.3 is 5.97 Å². The molecule has 110 valence electrons. The van der Waals surface area contributed by atoms with Crippen LogP contribution in [0.1, 0.15) is 19.3 Å². The van der Waals surface area contributed by atoms with Gasteiger partial charge in [-0.05, 0) is 18.6 Å². The lowest BCUT2D eigenvalue weighted by atomic mass is 10.3. The molecule has 1 aromatic carbocycles. The molecule has 0 saturated heterocycles. The lowest BCUT2D eigenvalue weighted by Crippen LogP contribution is -2.29. The molecule has 1 rings (SSSR count). The smallest absolute Gasteiger partial charge is 0.307 e. The molecule has 0 heterocycles. The maximum Gasteiger partial charge on any atom is 0.307 e. The van der Waals surface area contributed by atoms with E-state index in [4.69, 9.17) is 4.74 Å². The summed E-state index contributed by atoms with van der Waals surface area (Å²) in [5, 5.41) is 0. The Morgan fingerprint density at radius 2 is 1.85 bits per heavy atom. The number of esters is 1. The number of carbonyl (C=O) groups excluding carboxylic acids is 2. The van der Waals surface area contributed by atoms with Crippen LogP contribution in [0.15, 0.2) is 30.3 Å². The summed E-state index contributed by atoms with van der Waals surface area (Å²) < 4.78 is 10.0. The fourth-order valence-corrected chi connectivity index (χ4v) is 1.61. The lowest BCUT2D eigenvalue weighted by Gasteiger charge is -2.16. The average Bonchev–Trinajstić information content (AvgIpc) is 2.49. The number of para-hydroxylation sites is 1. The van der Waals surface area contributed by atoms with Crippen LogP contribution in [0.2, 0.25) is 0 Å². The summed E-state index contributed by atoms with van der Waals surface area (Å²) in [7, 11) is 3.02. The standard InChI is InChI=1S/C15H21NO4/c1-16(11-10-15(18)19-2)14(17)9-6-12-20-13-7-4-3-5-8-13/h3-5,7-8H,6,9-12H2,1-2H3. The second kappa shape index (κ2) is 8.96. The number of amides is 1. The van der Waals surface area contributed by atoms with Gasteiger partial charge in [-0.3, -0.25) is 9.59 Å². The highest BCUT2D eigenvalue weighted by atomic mass is 16.5. The molecule has 5 heteroatoms. The Bertz CT molecular complexity index is 419. The molecule has 0 N–H and O–H groups in total. The van der Waals surface area contributed by atoms with Crippen molar-refractivity contribution in [2.45, 2.75) is 19.3 Å². The molecule has 0 radical (unpaired) electrons. The number of rotatable bonds is 8. The van der Waals surface area contributed by atoms with Crippen molar-refractivity contribution in [2.75, 3.05) is 27.3 Å². The molecule has 0 aliphatic rings. The Morgan fingerprint density at radius 1 is 1.15 bits per heavy atom. The van der Waals surface area contributed by atoms with Crippen molar-refractivity contribution < 1.29 is 19.1 Å². The Morgan fingerprint density at radius 3 is 2.50 bits per heavy atom. The van der Waals surface area contributed by atoms with Crippen LogP contribution in [-0.2, 0) is 14.3 Å². The van der Waals surface area contributed by atoms with Crippen molar-refractivity contribution in [3.8, 4) is 5.75 Å². The monoisotopic (exact) mass is 279 g/mol. The zero-order chi connectivity index (χ0) is 14.8. The third-order valence-electron chi connectivity index (χ3n) is 2.85. The summed E-state index contributed by atoms with van der Waals surface area (Å²) >= 11 is 0. The third-order valence-corrected chi connectivity index (χ3v) is 2.85. The topological polar surface area (TPSA) is 55.8 Å². The normalized spacial score (nSPS) is 9.90. The van der Waals surface area contributed by atoms with Crippen LogP contribution in [-0.4, -0.2) is 44.1 Å². The molecule has 0 spiro atoms. The van der Waals surface area contributed by atoms with E-state index >= 15 is 0 Å². The minimum atomic E-state index is -0.308. The maximum absolute atomic E-state index is 11.8. The molecule has 0 atom stereocenters. The molecule has 0 fully saturated rings. The SMILES string of the molecule is COC(=O)CCN(C)C(=O)CCCOc1ccccc1. The molecular weight excluding hydrogens is 258 g/mol. The van der Waals surface area contributed by atoms with E-state index < -0.39 is 0 Å². The summed E-state index contributed by atoms with van der Waals surface area (Å²) in [6.07, 6.45) is 1.28. The van der Waals surface area contributed by atoms with E-state index in [-0.39, 0.29) is 18.3 Å². The average molecular weight is 279 g/mol. The van der Waals surface area contributed by atoms with Crippen LogP contribution >= 0.6 is 0 Å². The predicted octanol–water partition coefficient (Wildman–Crippen LogP) is 1.87. The molecule has 0 unspecified atom stereocenters. The molecule has 0 bridgehead atoms. The first-order valence-corrected chi connectivity index (χ1v) is 6.62. The molecule has 0 aromatic heterocycles. The highest BCUT2D eigenvalue weighted by Crippen LogP contribution is 2.09. The van der Waals surface area contributed by atoms with Gasteiger partial charge in [0, 0.05) is 20.0 Å². The molecule has 1 amide bonds. The minimum absolute atomic E-state index is 0.00515. The van der Waals surface area contributed by atoms with Crippen LogP contribution in [0.4, 0.5) is 0 Å². The van der Waals surface area contributed by atoms with Crippen LogP contribution in [0, 0.1) is 0 Å². The van der Waals surface area contributed by atoms with Gasteiger partial charge in [0.2, 0.25) is 5.91 Å². The number of nitrogens with zero attached hydrogens (tertiary/aromatic N) is 1. The van der Waals surface area contributed by atoms with Crippen molar-refractivity contribution >= 4 is 11.9 Å². The first kappa shape index (κ1) is 16.0. The summed E-state index contributed by atoms with van der Waals surface area (Å²) in [6, 6.07) is 9.49. The summed E-state index contributed by atoms with van der Waals surface area (Å²) in [4.78, 5) is 24.3. The zero-order valence-corrected chi connectivity index (χ0v) is 12.0. The van der Waals surface area contributed by atoms with Crippen LogP contribution < -0.4 is 4.74 Å². The van der Waals surface area contributed by atoms with E-state index in [2.05, 4.69) is 4.74 Å². The number of methoxy groups -OCH3 is 1.